The molecule has 106 valence electrons. The number of benzene rings is 2. The lowest BCUT2D eigenvalue weighted by molar-refractivity contribution is 0.0882. The Labute approximate surface area is 123 Å². The second-order valence-electron chi connectivity index (χ2n) is 4.78. The molecule has 0 aromatic heterocycles. The lowest BCUT2D eigenvalue weighted by Crippen LogP contribution is -2.31. The summed E-state index contributed by atoms with van der Waals surface area (Å²) in [6.07, 6.45) is 0. The Hall–Kier alpha value is -2.40. The van der Waals surface area contributed by atoms with Gasteiger partial charge in [-0.1, -0.05) is 49.0 Å². The third kappa shape index (κ3) is 2.15. The number of carbonyl (C=O) groups is 1. The van der Waals surface area contributed by atoms with Gasteiger partial charge in [0.15, 0.2) is 0 Å². The number of rotatable bonds is 3. The Morgan fingerprint density at radius 1 is 1.00 bits per heavy atom. The molecule has 2 aromatic carbocycles. The maximum absolute atomic E-state index is 12.4. The fourth-order valence-corrected chi connectivity index (χ4v) is 3.89. The average Bonchev–Trinajstić information content (AvgIpc) is 2.70. The van der Waals surface area contributed by atoms with E-state index in [-0.39, 0.29) is 17.0 Å². The summed E-state index contributed by atoms with van der Waals surface area (Å²) >= 11 is 0. The molecule has 0 bridgehead atoms. The summed E-state index contributed by atoms with van der Waals surface area (Å²) in [5, 5.41) is 0. The van der Waals surface area contributed by atoms with Gasteiger partial charge in [0.2, 0.25) is 0 Å². The van der Waals surface area contributed by atoms with Crippen LogP contribution in [-0.4, -0.2) is 25.2 Å². The fourth-order valence-electron chi connectivity index (χ4n) is 2.33. The molecule has 1 aliphatic rings. The van der Waals surface area contributed by atoms with Crippen LogP contribution in [0.25, 0.3) is 5.57 Å². The quantitative estimate of drug-likeness (QED) is 0.875. The zero-order chi connectivity index (χ0) is 15.0. The first kappa shape index (κ1) is 13.6. The molecule has 0 spiro atoms. The Bertz CT molecular complexity index is 826. The van der Waals surface area contributed by atoms with Gasteiger partial charge in [0.25, 0.3) is 15.9 Å². The maximum Gasteiger partial charge on any atom is 0.269 e. The van der Waals surface area contributed by atoms with Crippen molar-refractivity contribution in [2.75, 3.05) is 6.54 Å². The van der Waals surface area contributed by atoms with Gasteiger partial charge in [-0.2, -0.15) is 0 Å². The summed E-state index contributed by atoms with van der Waals surface area (Å²) in [5.74, 6) is -0.498. The number of sulfonamides is 1. The van der Waals surface area contributed by atoms with E-state index in [1.807, 2.05) is 30.3 Å². The molecule has 0 unspecified atom stereocenters. The summed E-state index contributed by atoms with van der Waals surface area (Å²) in [7, 11) is -3.78. The normalized spacial score (nSPS) is 15.8. The van der Waals surface area contributed by atoms with Crippen molar-refractivity contribution in [3.63, 3.8) is 0 Å². The third-order valence-electron chi connectivity index (χ3n) is 3.43. The molecule has 0 saturated carbocycles. The fraction of sp³-hybridized carbons (Fsp3) is 0.0625. The second-order valence-corrected chi connectivity index (χ2v) is 6.61. The SMILES string of the molecule is C=C(CN1C(=O)c2ccccc2S1(=O)=O)c1ccccc1. The monoisotopic (exact) mass is 299 g/mol. The van der Waals surface area contributed by atoms with Crippen molar-refractivity contribution in [1.29, 1.82) is 0 Å². The molecule has 1 aliphatic heterocycles. The highest BCUT2D eigenvalue weighted by atomic mass is 32.2. The van der Waals surface area contributed by atoms with Gasteiger partial charge in [0.1, 0.15) is 4.90 Å². The van der Waals surface area contributed by atoms with Crippen molar-refractivity contribution in [2.45, 2.75) is 4.90 Å². The lowest BCUT2D eigenvalue weighted by atomic mass is 10.1. The van der Waals surface area contributed by atoms with Crippen molar-refractivity contribution in [3.05, 3.63) is 72.3 Å². The average molecular weight is 299 g/mol. The summed E-state index contributed by atoms with van der Waals surface area (Å²) in [4.78, 5) is 12.4. The van der Waals surface area contributed by atoms with Crippen molar-refractivity contribution < 1.29 is 13.2 Å². The van der Waals surface area contributed by atoms with E-state index in [1.54, 1.807) is 12.1 Å². The molecule has 0 radical (unpaired) electrons. The zero-order valence-electron chi connectivity index (χ0n) is 11.2. The van der Waals surface area contributed by atoms with Gasteiger partial charge in [-0.05, 0) is 23.3 Å². The van der Waals surface area contributed by atoms with Gasteiger partial charge in [-0.25, -0.2) is 12.7 Å². The van der Waals surface area contributed by atoms with E-state index in [1.165, 1.54) is 12.1 Å². The van der Waals surface area contributed by atoms with Crippen LogP contribution in [-0.2, 0) is 10.0 Å². The first-order valence-corrected chi connectivity index (χ1v) is 7.85. The molecule has 0 fully saturated rings. The standard InChI is InChI=1S/C16H13NO3S/c1-12(13-7-3-2-4-8-13)11-17-16(18)14-9-5-6-10-15(14)21(17,19)20/h2-10H,1,11H2. The minimum absolute atomic E-state index is 0.0418. The Morgan fingerprint density at radius 3 is 2.29 bits per heavy atom. The van der Waals surface area contributed by atoms with Crippen LogP contribution in [0.4, 0.5) is 0 Å². The largest absolute Gasteiger partial charge is 0.269 e. The van der Waals surface area contributed by atoms with Crippen LogP contribution in [0.5, 0.6) is 0 Å². The summed E-state index contributed by atoms with van der Waals surface area (Å²) in [5.41, 5.74) is 1.62. The maximum atomic E-state index is 12.4. The summed E-state index contributed by atoms with van der Waals surface area (Å²) in [6.45, 7) is 3.85. The highest BCUT2D eigenvalue weighted by Gasteiger charge is 2.40. The number of fused-ring (bicyclic) bond motifs is 1. The zero-order valence-corrected chi connectivity index (χ0v) is 12.0. The summed E-state index contributed by atoms with van der Waals surface area (Å²) < 4.78 is 25.7. The van der Waals surface area contributed by atoms with Crippen LogP contribution >= 0.6 is 0 Å². The first-order valence-electron chi connectivity index (χ1n) is 6.41. The van der Waals surface area contributed by atoms with E-state index >= 15 is 0 Å². The molecule has 0 N–H and O–H groups in total. The Balaban J connectivity index is 1.95. The molecule has 21 heavy (non-hydrogen) atoms. The van der Waals surface area contributed by atoms with Gasteiger partial charge in [0, 0.05) is 0 Å². The Kier molecular flexibility index (Phi) is 3.14. The molecule has 1 heterocycles. The molecule has 5 heteroatoms. The van der Waals surface area contributed by atoms with Gasteiger partial charge >= 0.3 is 0 Å². The topological polar surface area (TPSA) is 54.5 Å². The van der Waals surface area contributed by atoms with Crippen LogP contribution in [0.2, 0.25) is 0 Å². The molecule has 2 aromatic rings. The van der Waals surface area contributed by atoms with E-state index in [2.05, 4.69) is 6.58 Å². The molecule has 4 nitrogen and oxygen atoms in total. The van der Waals surface area contributed by atoms with Crippen molar-refractivity contribution in [3.8, 4) is 0 Å². The van der Waals surface area contributed by atoms with Crippen molar-refractivity contribution >= 4 is 21.5 Å². The van der Waals surface area contributed by atoms with Crippen LogP contribution in [0, 0.1) is 0 Å². The van der Waals surface area contributed by atoms with Crippen LogP contribution in [0.15, 0.2) is 66.1 Å². The van der Waals surface area contributed by atoms with Crippen LogP contribution < -0.4 is 0 Å². The van der Waals surface area contributed by atoms with Crippen LogP contribution in [0.3, 0.4) is 0 Å². The van der Waals surface area contributed by atoms with Crippen LogP contribution in [0.1, 0.15) is 15.9 Å². The minimum atomic E-state index is -3.78. The molecule has 1 amide bonds. The number of hydrogen-bond donors (Lipinski definition) is 0. The number of hydrogen-bond acceptors (Lipinski definition) is 3. The molecule has 3 rings (SSSR count). The number of amides is 1. The minimum Gasteiger partial charge on any atom is -0.268 e. The Morgan fingerprint density at radius 2 is 1.62 bits per heavy atom. The molecular formula is C16H13NO3S. The van der Waals surface area contributed by atoms with E-state index in [0.29, 0.717) is 5.57 Å². The van der Waals surface area contributed by atoms with E-state index in [9.17, 15) is 13.2 Å². The molecule has 0 atom stereocenters. The lowest BCUT2D eigenvalue weighted by Gasteiger charge is -2.16. The highest BCUT2D eigenvalue weighted by Crippen LogP contribution is 2.31. The van der Waals surface area contributed by atoms with Gasteiger partial charge in [0.05, 0.1) is 12.1 Å². The predicted octanol–water partition coefficient (Wildman–Crippen LogP) is 2.54. The van der Waals surface area contributed by atoms with E-state index in [4.69, 9.17) is 0 Å². The number of carbonyl (C=O) groups excluding carboxylic acids is 1. The molecular weight excluding hydrogens is 286 g/mol. The smallest absolute Gasteiger partial charge is 0.268 e. The molecule has 0 saturated heterocycles. The number of nitrogens with zero attached hydrogens (tertiary/aromatic N) is 1. The predicted molar refractivity (Wildman–Crippen MR) is 80.1 cm³/mol. The highest BCUT2D eigenvalue weighted by molar-refractivity contribution is 7.90. The summed E-state index contributed by atoms with van der Waals surface area (Å²) in [6, 6.07) is 15.5. The first-order chi connectivity index (χ1) is 10.0. The van der Waals surface area contributed by atoms with Crippen molar-refractivity contribution in [1.82, 2.24) is 4.31 Å². The van der Waals surface area contributed by atoms with Gasteiger partial charge in [-0.15, -0.1) is 0 Å². The van der Waals surface area contributed by atoms with E-state index < -0.39 is 15.9 Å². The van der Waals surface area contributed by atoms with Gasteiger partial charge in [-0.3, -0.25) is 4.79 Å². The van der Waals surface area contributed by atoms with Gasteiger partial charge < -0.3 is 0 Å². The second kappa shape index (κ2) is 4.86. The van der Waals surface area contributed by atoms with E-state index in [0.717, 1.165) is 9.87 Å². The molecule has 0 aliphatic carbocycles. The third-order valence-corrected chi connectivity index (χ3v) is 5.22. The van der Waals surface area contributed by atoms with Crippen molar-refractivity contribution in [2.24, 2.45) is 0 Å².